The zero-order chi connectivity index (χ0) is 11.5. The van der Waals surface area contributed by atoms with Gasteiger partial charge >= 0.3 is 0 Å². The van der Waals surface area contributed by atoms with Crippen molar-refractivity contribution >= 4 is 0 Å². The molecule has 0 spiro atoms. The molecule has 0 heterocycles. The number of rotatable bonds is 3. The Bertz CT molecular complexity index is 182. The van der Waals surface area contributed by atoms with E-state index in [1.807, 2.05) is 0 Å². The van der Waals surface area contributed by atoms with Crippen molar-refractivity contribution in [1.29, 1.82) is 0 Å². The molecule has 0 nitrogen and oxygen atoms in total. The van der Waals surface area contributed by atoms with Crippen LogP contribution in [0.4, 0.5) is 0 Å². The van der Waals surface area contributed by atoms with Crippen LogP contribution in [0.3, 0.4) is 0 Å². The van der Waals surface area contributed by atoms with Crippen LogP contribution in [0.2, 0.25) is 0 Å². The van der Waals surface area contributed by atoms with Crippen molar-refractivity contribution in [1.82, 2.24) is 0 Å². The first-order valence-electron chi connectivity index (χ1n) is 7.25. The molecule has 2 aliphatic carbocycles. The maximum absolute atomic E-state index is 2.29. The van der Waals surface area contributed by atoms with Crippen LogP contribution in [0.5, 0.6) is 0 Å². The standard InChI is InChI=1S/C10H20.C6H8/c1-2-3-7-10-8-5-4-6-9-10;1-2-4-6-5-3-1/h10H,2-9H2,1H3;1-4H,5-6H2. The highest BCUT2D eigenvalue weighted by atomic mass is 14.2. The van der Waals surface area contributed by atoms with Crippen molar-refractivity contribution in [2.24, 2.45) is 5.92 Å². The van der Waals surface area contributed by atoms with Gasteiger partial charge in [0.05, 0.1) is 0 Å². The molecule has 2 aliphatic rings. The molecule has 0 amide bonds. The molecule has 0 aliphatic heterocycles. The minimum Gasteiger partial charge on any atom is -0.0842 e. The zero-order valence-electron chi connectivity index (χ0n) is 11.0. The van der Waals surface area contributed by atoms with E-state index in [2.05, 4.69) is 31.2 Å². The molecule has 0 unspecified atom stereocenters. The summed E-state index contributed by atoms with van der Waals surface area (Å²) in [6.07, 6.45) is 22.9. The monoisotopic (exact) mass is 220 g/mol. The summed E-state index contributed by atoms with van der Waals surface area (Å²) in [4.78, 5) is 0. The highest BCUT2D eigenvalue weighted by Gasteiger charge is 2.11. The van der Waals surface area contributed by atoms with Crippen molar-refractivity contribution in [3.05, 3.63) is 24.3 Å². The molecule has 0 atom stereocenters. The molecule has 0 saturated heterocycles. The number of unbranched alkanes of at least 4 members (excludes halogenated alkanes) is 1. The van der Waals surface area contributed by atoms with E-state index in [4.69, 9.17) is 0 Å². The number of allylic oxidation sites excluding steroid dienone is 4. The van der Waals surface area contributed by atoms with E-state index in [9.17, 15) is 0 Å². The maximum atomic E-state index is 2.29. The first-order chi connectivity index (χ1) is 7.93. The molecule has 0 bridgehead atoms. The second-order valence-electron chi connectivity index (χ2n) is 5.08. The predicted octanol–water partition coefficient (Wildman–Crippen LogP) is 5.65. The van der Waals surface area contributed by atoms with Crippen LogP contribution >= 0.6 is 0 Å². The third-order valence-corrected chi connectivity index (χ3v) is 3.57. The van der Waals surface area contributed by atoms with E-state index in [0.29, 0.717) is 0 Å². The van der Waals surface area contributed by atoms with Gasteiger partial charge in [-0.15, -0.1) is 0 Å². The van der Waals surface area contributed by atoms with Gasteiger partial charge in [0.15, 0.2) is 0 Å². The Balaban J connectivity index is 0.000000181. The molecule has 0 radical (unpaired) electrons. The Morgan fingerprint density at radius 2 is 1.56 bits per heavy atom. The summed E-state index contributed by atoms with van der Waals surface area (Å²) >= 11 is 0. The summed E-state index contributed by atoms with van der Waals surface area (Å²) in [6.45, 7) is 2.29. The first kappa shape index (κ1) is 13.5. The highest BCUT2D eigenvalue weighted by Crippen LogP contribution is 2.27. The van der Waals surface area contributed by atoms with Crippen LogP contribution in [0, 0.1) is 5.92 Å². The van der Waals surface area contributed by atoms with Gasteiger partial charge in [-0.2, -0.15) is 0 Å². The summed E-state index contributed by atoms with van der Waals surface area (Å²) in [5.41, 5.74) is 0. The molecular formula is C16H28. The predicted molar refractivity (Wildman–Crippen MR) is 73.6 cm³/mol. The molecule has 0 N–H and O–H groups in total. The topological polar surface area (TPSA) is 0 Å². The number of hydrogen-bond donors (Lipinski definition) is 0. The van der Waals surface area contributed by atoms with Gasteiger partial charge in [0.1, 0.15) is 0 Å². The molecule has 1 saturated carbocycles. The second kappa shape index (κ2) is 9.69. The van der Waals surface area contributed by atoms with E-state index in [1.165, 1.54) is 64.2 Å². The van der Waals surface area contributed by atoms with Gasteiger partial charge in [0, 0.05) is 0 Å². The summed E-state index contributed by atoms with van der Waals surface area (Å²) < 4.78 is 0. The third kappa shape index (κ3) is 6.87. The lowest BCUT2D eigenvalue weighted by Crippen LogP contribution is -2.05. The average molecular weight is 220 g/mol. The van der Waals surface area contributed by atoms with E-state index >= 15 is 0 Å². The largest absolute Gasteiger partial charge is 0.0842 e. The summed E-state index contributed by atoms with van der Waals surface area (Å²) in [5, 5.41) is 0. The Labute approximate surface area is 102 Å². The number of hydrogen-bond acceptors (Lipinski definition) is 0. The van der Waals surface area contributed by atoms with Crippen LogP contribution in [0.15, 0.2) is 24.3 Å². The van der Waals surface area contributed by atoms with Crippen molar-refractivity contribution in [2.45, 2.75) is 71.1 Å². The quantitative estimate of drug-likeness (QED) is 0.576. The van der Waals surface area contributed by atoms with E-state index in [-0.39, 0.29) is 0 Å². The molecule has 16 heavy (non-hydrogen) atoms. The fourth-order valence-electron chi connectivity index (χ4n) is 2.51. The van der Waals surface area contributed by atoms with Gasteiger partial charge in [-0.25, -0.2) is 0 Å². The first-order valence-corrected chi connectivity index (χ1v) is 7.25. The fraction of sp³-hybridized carbons (Fsp3) is 0.750. The summed E-state index contributed by atoms with van der Waals surface area (Å²) in [7, 11) is 0. The second-order valence-corrected chi connectivity index (χ2v) is 5.08. The van der Waals surface area contributed by atoms with Crippen molar-refractivity contribution in [3.63, 3.8) is 0 Å². The van der Waals surface area contributed by atoms with E-state index in [1.54, 1.807) is 0 Å². The molecular weight excluding hydrogens is 192 g/mol. The maximum Gasteiger partial charge on any atom is -0.0313 e. The lowest BCUT2D eigenvalue weighted by atomic mass is 9.86. The average Bonchev–Trinajstić information content (AvgIpc) is 2.40. The van der Waals surface area contributed by atoms with Crippen molar-refractivity contribution in [2.75, 3.05) is 0 Å². The lowest BCUT2D eigenvalue weighted by molar-refractivity contribution is 0.331. The molecule has 0 heteroatoms. The van der Waals surface area contributed by atoms with E-state index < -0.39 is 0 Å². The molecule has 0 aromatic heterocycles. The lowest BCUT2D eigenvalue weighted by Gasteiger charge is -2.20. The molecule has 2 rings (SSSR count). The molecule has 92 valence electrons. The van der Waals surface area contributed by atoms with Crippen molar-refractivity contribution < 1.29 is 0 Å². The Morgan fingerprint density at radius 1 is 0.938 bits per heavy atom. The van der Waals surface area contributed by atoms with Gasteiger partial charge in [-0.05, 0) is 18.8 Å². The fourth-order valence-corrected chi connectivity index (χ4v) is 2.51. The zero-order valence-corrected chi connectivity index (χ0v) is 11.0. The Hall–Kier alpha value is -0.520. The van der Waals surface area contributed by atoms with E-state index in [0.717, 1.165) is 5.92 Å². The van der Waals surface area contributed by atoms with Gasteiger partial charge in [0.25, 0.3) is 0 Å². The summed E-state index contributed by atoms with van der Waals surface area (Å²) in [5.74, 6) is 1.11. The highest BCUT2D eigenvalue weighted by molar-refractivity contribution is 5.07. The normalized spacial score (nSPS) is 20.3. The van der Waals surface area contributed by atoms with Crippen LogP contribution in [-0.2, 0) is 0 Å². The van der Waals surface area contributed by atoms with Crippen LogP contribution in [-0.4, -0.2) is 0 Å². The minimum absolute atomic E-state index is 1.11. The van der Waals surface area contributed by atoms with Gasteiger partial charge in [-0.3, -0.25) is 0 Å². The van der Waals surface area contributed by atoms with Gasteiger partial charge in [-0.1, -0.05) is 82.6 Å². The Morgan fingerprint density at radius 3 is 2.00 bits per heavy atom. The van der Waals surface area contributed by atoms with Gasteiger partial charge in [0.2, 0.25) is 0 Å². The minimum atomic E-state index is 1.11. The third-order valence-electron chi connectivity index (χ3n) is 3.57. The molecule has 0 aromatic rings. The SMILES string of the molecule is C1=CCCC=C1.CCCCC1CCCCC1. The van der Waals surface area contributed by atoms with Crippen LogP contribution in [0.1, 0.15) is 71.1 Å². The Kier molecular flexibility index (Phi) is 8.20. The smallest absolute Gasteiger partial charge is 0.0313 e. The van der Waals surface area contributed by atoms with Crippen LogP contribution in [0.25, 0.3) is 0 Å². The van der Waals surface area contributed by atoms with Gasteiger partial charge < -0.3 is 0 Å². The van der Waals surface area contributed by atoms with Crippen molar-refractivity contribution in [3.8, 4) is 0 Å². The summed E-state index contributed by atoms with van der Waals surface area (Å²) in [6, 6.07) is 0. The molecule has 1 fully saturated rings. The molecule has 0 aromatic carbocycles. The van der Waals surface area contributed by atoms with Crippen LogP contribution < -0.4 is 0 Å².